The fourth-order valence-corrected chi connectivity index (χ4v) is 3.35. The van der Waals surface area contributed by atoms with E-state index in [1.165, 1.54) is 4.88 Å². The van der Waals surface area contributed by atoms with E-state index in [-0.39, 0.29) is 6.04 Å². The molecule has 0 aliphatic heterocycles. The number of rotatable bonds is 4. The second kappa shape index (κ2) is 6.27. The Labute approximate surface area is 126 Å². The minimum atomic E-state index is 0.193. The lowest BCUT2D eigenvalue weighted by molar-refractivity contribution is 0.602. The Morgan fingerprint density at radius 2 is 1.94 bits per heavy atom. The molecule has 1 nitrogen and oxygen atoms in total. The van der Waals surface area contributed by atoms with Crippen molar-refractivity contribution in [3.05, 3.63) is 55.2 Å². The second-order valence-corrected chi connectivity index (χ2v) is 6.43. The molecule has 0 fully saturated rings. The molecule has 0 amide bonds. The fourth-order valence-electron chi connectivity index (χ4n) is 1.79. The molecule has 0 saturated heterocycles. The highest BCUT2D eigenvalue weighted by molar-refractivity contribution is 7.16. The highest BCUT2D eigenvalue weighted by Gasteiger charge is 2.15. The average Bonchev–Trinajstić information content (AvgIpc) is 2.78. The molecule has 2 aromatic rings. The van der Waals surface area contributed by atoms with E-state index in [0.717, 1.165) is 16.3 Å². The zero-order valence-electron chi connectivity index (χ0n) is 9.71. The molecule has 0 aliphatic rings. The van der Waals surface area contributed by atoms with Crippen LogP contribution in [0.3, 0.4) is 0 Å². The first-order chi connectivity index (χ1) is 8.61. The van der Waals surface area contributed by atoms with E-state index in [9.17, 15) is 0 Å². The molecule has 0 aliphatic carbocycles. The molecule has 0 spiro atoms. The van der Waals surface area contributed by atoms with Gasteiger partial charge in [0.15, 0.2) is 0 Å². The van der Waals surface area contributed by atoms with Crippen molar-refractivity contribution in [1.82, 2.24) is 5.32 Å². The van der Waals surface area contributed by atoms with Gasteiger partial charge in [-0.05, 0) is 37.2 Å². The lowest BCUT2D eigenvalue weighted by Crippen LogP contribution is -2.17. The van der Waals surface area contributed by atoms with Crippen LogP contribution in [0.2, 0.25) is 14.4 Å². The predicted molar refractivity (Wildman–Crippen MR) is 81.3 cm³/mol. The first kappa shape index (κ1) is 14.2. The van der Waals surface area contributed by atoms with Gasteiger partial charge in [-0.1, -0.05) is 46.9 Å². The monoisotopic (exact) mass is 319 g/mol. The quantitative estimate of drug-likeness (QED) is 0.815. The van der Waals surface area contributed by atoms with Crippen LogP contribution in [0.25, 0.3) is 0 Å². The highest BCUT2D eigenvalue weighted by atomic mass is 35.5. The van der Waals surface area contributed by atoms with Crippen LogP contribution < -0.4 is 5.32 Å². The summed E-state index contributed by atoms with van der Waals surface area (Å²) in [6.07, 6.45) is 0.784. The second-order valence-electron chi connectivity index (χ2n) is 3.90. The van der Waals surface area contributed by atoms with Gasteiger partial charge in [0.05, 0.1) is 14.4 Å². The maximum Gasteiger partial charge on any atom is 0.0931 e. The Morgan fingerprint density at radius 1 is 1.17 bits per heavy atom. The third-order valence-corrected chi connectivity index (χ3v) is 4.94. The van der Waals surface area contributed by atoms with Crippen molar-refractivity contribution in [3.63, 3.8) is 0 Å². The Morgan fingerprint density at radius 3 is 2.56 bits per heavy atom. The van der Waals surface area contributed by atoms with E-state index in [1.807, 2.05) is 31.3 Å². The van der Waals surface area contributed by atoms with Crippen LogP contribution in [0.4, 0.5) is 0 Å². The Kier molecular flexibility index (Phi) is 4.93. The first-order valence-electron chi connectivity index (χ1n) is 5.47. The van der Waals surface area contributed by atoms with Gasteiger partial charge in [-0.25, -0.2) is 0 Å². The summed E-state index contributed by atoms with van der Waals surface area (Å²) in [5.41, 5.74) is 1.04. The summed E-state index contributed by atoms with van der Waals surface area (Å²) >= 11 is 19.8. The highest BCUT2D eigenvalue weighted by Crippen LogP contribution is 2.32. The lowest BCUT2D eigenvalue weighted by Gasteiger charge is -2.15. The molecule has 1 atom stereocenters. The van der Waals surface area contributed by atoms with Crippen LogP contribution in [0.15, 0.2) is 30.3 Å². The van der Waals surface area contributed by atoms with Gasteiger partial charge in [0.25, 0.3) is 0 Å². The van der Waals surface area contributed by atoms with Gasteiger partial charge >= 0.3 is 0 Å². The topological polar surface area (TPSA) is 12.0 Å². The van der Waals surface area contributed by atoms with Crippen molar-refractivity contribution >= 4 is 46.1 Å². The standard InChI is InChI=1S/C13H12Cl3NS/c1-17-10(11-5-6-12(15)18-11)7-8-3-2-4-9(14)13(8)16/h2-6,10,17H,7H2,1H3. The van der Waals surface area contributed by atoms with Crippen LogP contribution in [0, 0.1) is 0 Å². The number of hydrogen-bond donors (Lipinski definition) is 1. The first-order valence-corrected chi connectivity index (χ1v) is 7.42. The van der Waals surface area contributed by atoms with Crippen molar-refractivity contribution in [1.29, 1.82) is 0 Å². The number of halogens is 3. The zero-order chi connectivity index (χ0) is 13.1. The van der Waals surface area contributed by atoms with Crippen LogP contribution in [-0.2, 0) is 6.42 Å². The summed E-state index contributed by atoms with van der Waals surface area (Å²) in [5, 5.41) is 4.49. The van der Waals surface area contributed by atoms with E-state index in [0.29, 0.717) is 10.0 Å². The molecule has 18 heavy (non-hydrogen) atoms. The van der Waals surface area contributed by atoms with Gasteiger partial charge in [-0.2, -0.15) is 0 Å². The minimum absolute atomic E-state index is 0.193. The van der Waals surface area contributed by atoms with Gasteiger partial charge in [0, 0.05) is 10.9 Å². The fraction of sp³-hybridized carbons (Fsp3) is 0.231. The Bertz CT molecular complexity index is 539. The van der Waals surface area contributed by atoms with Crippen LogP contribution in [0.5, 0.6) is 0 Å². The molecule has 1 aromatic carbocycles. The molecule has 0 radical (unpaired) electrons. The van der Waals surface area contributed by atoms with Gasteiger partial charge in [-0.3, -0.25) is 0 Å². The van der Waals surface area contributed by atoms with E-state index in [1.54, 1.807) is 17.4 Å². The minimum Gasteiger partial charge on any atom is -0.312 e. The van der Waals surface area contributed by atoms with Crippen molar-refractivity contribution in [2.75, 3.05) is 7.05 Å². The third-order valence-electron chi connectivity index (χ3n) is 2.74. The lowest BCUT2D eigenvalue weighted by atomic mass is 10.0. The van der Waals surface area contributed by atoms with Crippen molar-refractivity contribution in [3.8, 4) is 0 Å². The van der Waals surface area contributed by atoms with E-state index < -0.39 is 0 Å². The van der Waals surface area contributed by atoms with E-state index in [2.05, 4.69) is 5.32 Å². The van der Waals surface area contributed by atoms with Crippen molar-refractivity contribution < 1.29 is 0 Å². The van der Waals surface area contributed by atoms with E-state index >= 15 is 0 Å². The summed E-state index contributed by atoms with van der Waals surface area (Å²) in [4.78, 5) is 1.19. The molecule has 1 heterocycles. The summed E-state index contributed by atoms with van der Waals surface area (Å²) < 4.78 is 0.794. The average molecular weight is 321 g/mol. The molecule has 0 saturated carbocycles. The number of likely N-dealkylation sites (N-methyl/N-ethyl adjacent to an activating group) is 1. The number of thiophene rings is 1. The molecule has 96 valence electrons. The number of benzene rings is 1. The molecule has 1 unspecified atom stereocenters. The number of hydrogen-bond acceptors (Lipinski definition) is 2. The van der Waals surface area contributed by atoms with Crippen LogP contribution in [0.1, 0.15) is 16.5 Å². The van der Waals surface area contributed by atoms with E-state index in [4.69, 9.17) is 34.8 Å². The predicted octanol–water partition coefficient (Wildman–Crippen LogP) is 5.21. The van der Waals surface area contributed by atoms with Crippen molar-refractivity contribution in [2.45, 2.75) is 12.5 Å². The summed E-state index contributed by atoms with van der Waals surface area (Å²) in [6.45, 7) is 0. The van der Waals surface area contributed by atoms with Crippen LogP contribution in [-0.4, -0.2) is 7.05 Å². The largest absolute Gasteiger partial charge is 0.312 e. The molecule has 2 rings (SSSR count). The molecular formula is C13H12Cl3NS. The van der Waals surface area contributed by atoms with Gasteiger partial charge in [0.2, 0.25) is 0 Å². The summed E-state index contributed by atoms with van der Waals surface area (Å²) in [5.74, 6) is 0. The Hall–Kier alpha value is -0.250. The number of nitrogens with one attached hydrogen (secondary N) is 1. The smallest absolute Gasteiger partial charge is 0.0931 e. The molecular weight excluding hydrogens is 309 g/mol. The van der Waals surface area contributed by atoms with Gasteiger partial charge in [-0.15, -0.1) is 11.3 Å². The SMILES string of the molecule is CNC(Cc1cccc(Cl)c1Cl)c1ccc(Cl)s1. The molecule has 1 N–H and O–H groups in total. The molecule has 5 heteroatoms. The molecule has 1 aromatic heterocycles. The van der Waals surface area contributed by atoms with Crippen LogP contribution >= 0.6 is 46.1 Å². The summed E-state index contributed by atoms with van der Waals surface area (Å²) in [6, 6.07) is 9.84. The van der Waals surface area contributed by atoms with Gasteiger partial charge < -0.3 is 5.32 Å². The Balaban J connectivity index is 2.23. The van der Waals surface area contributed by atoms with Crippen molar-refractivity contribution in [2.24, 2.45) is 0 Å². The zero-order valence-corrected chi connectivity index (χ0v) is 12.8. The normalized spacial score (nSPS) is 12.7. The maximum atomic E-state index is 6.20. The summed E-state index contributed by atoms with van der Waals surface area (Å²) in [7, 11) is 1.93. The van der Waals surface area contributed by atoms with Gasteiger partial charge in [0.1, 0.15) is 0 Å². The molecule has 0 bridgehead atoms. The third kappa shape index (κ3) is 3.19. The maximum absolute atomic E-state index is 6.20.